The van der Waals surface area contributed by atoms with Crippen LogP contribution in [0.25, 0.3) is 0 Å². The number of carbonyl (C=O) groups is 2. The smallest absolute Gasteiger partial charge is 0.317 e. The predicted octanol–water partition coefficient (Wildman–Crippen LogP) is 1.82. The first-order chi connectivity index (χ1) is 8.02. The zero-order valence-electron chi connectivity index (χ0n) is 10.6. The van der Waals surface area contributed by atoms with E-state index in [2.05, 4.69) is 19.2 Å². The molecule has 17 heavy (non-hydrogen) atoms. The summed E-state index contributed by atoms with van der Waals surface area (Å²) in [5.41, 5.74) is 0. The van der Waals surface area contributed by atoms with Gasteiger partial charge in [0.1, 0.15) is 0 Å². The molecule has 2 atom stereocenters. The number of carboxylic acid groups (broad SMARTS) is 1. The van der Waals surface area contributed by atoms with Crippen molar-refractivity contribution in [3.63, 3.8) is 0 Å². The van der Waals surface area contributed by atoms with E-state index < -0.39 is 5.97 Å². The van der Waals surface area contributed by atoms with Crippen LogP contribution in [0.4, 0.5) is 4.79 Å². The standard InChI is InChI=1S/C12H22N2O3/c1-9-5-3-6-10(2)14(9)12(17)13-8-4-7-11(15)16/h9-10H,3-8H2,1-2H3,(H,13,17)(H,15,16). The molecule has 1 rings (SSSR count). The quantitative estimate of drug-likeness (QED) is 0.739. The minimum Gasteiger partial charge on any atom is -0.481 e. The van der Waals surface area contributed by atoms with E-state index in [0.29, 0.717) is 13.0 Å². The third kappa shape index (κ3) is 4.24. The number of carboxylic acids is 1. The summed E-state index contributed by atoms with van der Waals surface area (Å²) in [5.74, 6) is -0.820. The van der Waals surface area contributed by atoms with Gasteiger partial charge in [-0.15, -0.1) is 0 Å². The molecular formula is C12H22N2O3. The monoisotopic (exact) mass is 242 g/mol. The number of likely N-dealkylation sites (tertiary alicyclic amines) is 1. The van der Waals surface area contributed by atoms with Gasteiger partial charge in [0.2, 0.25) is 0 Å². The highest BCUT2D eigenvalue weighted by molar-refractivity contribution is 5.75. The van der Waals surface area contributed by atoms with Crippen molar-refractivity contribution in [1.29, 1.82) is 0 Å². The fraction of sp³-hybridized carbons (Fsp3) is 0.833. The average Bonchev–Trinajstić information content (AvgIpc) is 2.24. The van der Waals surface area contributed by atoms with Crippen LogP contribution in [0.3, 0.4) is 0 Å². The number of amides is 2. The predicted molar refractivity (Wildman–Crippen MR) is 64.9 cm³/mol. The number of carbonyl (C=O) groups excluding carboxylic acids is 1. The number of rotatable bonds is 4. The van der Waals surface area contributed by atoms with Crippen molar-refractivity contribution in [3.8, 4) is 0 Å². The van der Waals surface area contributed by atoms with Gasteiger partial charge in [-0.25, -0.2) is 4.79 Å². The van der Waals surface area contributed by atoms with E-state index in [1.54, 1.807) is 0 Å². The molecule has 0 bridgehead atoms. The third-order valence-electron chi connectivity index (χ3n) is 3.27. The van der Waals surface area contributed by atoms with Crippen molar-refractivity contribution in [1.82, 2.24) is 10.2 Å². The number of nitrogens with one attached hydrogen (secondary N) is 1. The molecule has 0 radical (unpaired) electrons. The molecule has 0 aromatic rings. The van der Waals surface area contributed by atoms with Crippen molar-refractivity contribution < 1.29 is 14.7 Å². The number of hydrogen-bond donors (Lipinski definition) is 2. The van der Waals surface area contributed by atoms with E-state index in [1.807, 2.05) is 4.90 Å². The molecule has 0 saturated carbocycles. The lowest BCUT2D eigenvalue weighted by Crippen LogP contribution is -2.51. The molecule has 1 aliphatic rings. The topological polar surface area (TPSA) is 69.6 Å². The highest BCUT2D eigenvalue weighted by Crippen LogP contribution is 2.22. The van der Waals surface area contributed by atoms with Crippen LogP contribution in [-0.2, 0) is 4.79 Å². The van der Waals surface area contributed by atoms with Crippen molar-refractivity contribution in [2.75, 3.05) is 6.54 Å². The van der Waals surface area contributed by atoms with Gasteiger partial charge in [-0.1, -0.05) is 0 Å². The molecule has 0 aliphatic carbocycles. The summed E-state index contributed by atoms with van der Waals surface area (Å²) in [6.45, 7) is 4.56. The molecule has 0 aromatic heterocycles. The van der Waals surface area contributed by atoms with Crippen LogP contribution in [0.15, 0.2) is 0 Å². The van der Waals surface area contributed by atoms with E-state index in [4.69, 9.17) is 5.11 Å². The molecule has 2 N–H and O–H groups in total. The van der Waals surface area contributed by atoms with E-state index in [1.165, 1.54) is 6.42 Å². The van der Waals surface area contributed by atoms with Crippen LogP contribution in [0.2, 0.25) is 0 Å². The molecule has 2 unspecified atom stereocenters. The fourth-order valence-electron chi connectivity index (χ4n) is 2.35. The lowest BCUT2D eigenvalue weighted by molar-refractivity contribution is -0.137. The second-order valence-electron chi connectivity index (χ2n) is 4.77. The second-order valence-corrected chi connectivity index (χ2v) is 4.77. The van der Waals surface area contributed by atoms with Gasteiger partial charge in [0.25, 0.3) is 0 Å². The minimum absolute atomic E-state index is 0.0601. The Kier molecular flexibility index (Phi) is 5.25. The van der Waals surface area contributed by atoms with Crippen molar-refractivity contribution in [2.45, 2.75) is 58.0 Å². The lowest BCUT2D eigenvalue weighted by atomic mass is 9.98. The second kappa shape index (κ2) is 6.47. The Morgan fingerprint density at radius 1 is 1.29 bits per heavy atom. The Balaban J connectivity index is 2.32. The Hall–Kier alpha value is -1.26. The Morgan fingerprint density at radius 3 is 2.41 bits per heavy atom. The van der Waals surface area contributed by atoms with Crippen LogP contribution in [-0.4, -0.2) is 40.6 Å². The lowest BCUT2D eigenvalue weighted by Gasteiger charge is -2.38. The zero-order chi connectivity index (χ0) is 12.8. The van der Waals surface area contributed by atoms with Gasteiger partial charge in [-0.05, 0) is 39.5 Å². The van der Waals surface area contributed by atoms with E-state index in [0.717, 1.165) is 12.8 Å². The number of piperidine rings is 1. The summed E-state index contributed by atoms with van der Waals surface area (Å²) in [4.78, 5) is 24.1. The number of nitrogens with zero attached hydrogens (tertiary/aromatic N) is 1. The number of aliphatic carboxylic acids is 1. The van der Waals surface area contributed by atoms with Crippen LogP contribution < -0.4 is 5.32 Å². The molecule has 98 valence electrons. The molecule has 2 amide bonds. The maximum absolute atomic E-state index is 11.9. The highest BCUT2D eigenvalue weighted by Gasteiger charge is 2.28. The summed E-state index contributed by atoms with van der Waals surface area (Å²) in [6.07, 6.45) is 3.86. The van der Waals surface area contributed by atoms with Crippen molar-refractivity contribution in [3.05, 3.63) is 0 Å². The van der Waals surface area contributed by atoms with Gasteiger partial charge in [0.05, 0.1) is 0 Å². The number of hydrogen-bond acceptors (Lipinski definition) is 2. The van der Waals surface area contributed by atoms with Crippen LogP contribution >= 0.6 is 0 Å². The molecule has 1 fully saturated rings. The van der Waals surface area contributed by atoms with Gasteiger partial charge >= 0.3 is 12.0 Å². The van der Waals surface area contributed by atoms with Gasteiger partial charge < -0.3 is 15.3 Å². The minimum atomic E-state index is -0.820. The van der Waals surface area contributed by atoms with Crippen molar-refractivity contribution in [2.24, 2.45) is 0 Å². The van der Waals surface area contributed by atoms with Crippen LogP contribution in [0.5, 0.6) is 0 Å². The molecule has 0 spiro atoms. The zero-order valence-corrected chi connectivity index (χ0v) is 10.6. The summed E-state index contributed by atoms with van der Waals surface area (Å²) in [6, 6.07) is 0.492. The summed E-state index contributed by atoms with van der Waals surface area (Å²) in [7, 11) is 0. The summed E-state index contributed by atoms with van der Waals surface area (Å²) in [5, 5.41) is 11.3. The first kappa shape index (κ1) is 13.8. The molecule has 1 saturated heterocycles. The maximum Gasteiger partial charge on any atom is 0.317 e. The largest absolute Gasteiger partial charge is 0.481 e. The van der Waals surface area contributed by atoms with Crippen molar-refractivity contribution >= 4 is 12.0 Å². The maximum atomic E-state index is 11.9. The first-order valence-electron chi connectivity index (χ1n) is 6.30. The molecule has 1 heterocycles. The highest BCUT2D eigenvalue weighted by atomic mass is 16.4. The Morgan fingerprint density at radius 2 is 1.88 bits per heavy atom. The third-order valence-corrected chi connectivity index (χ3v) is 3.27. The molecule has 1 aliphatic heterocycles. The molecule has 5 heteroatoms. The Labute approximate surface area is 102 Å². The Bertz CT molecular complexity index is 271. The van der Waals surface area contributed by atoms with Crippen LogP contribution in [0.1, 0.15) is 46.0 Å². The van der Waals surface area contributed by atoms with Gasteiger partial charge in [-0.3, -0.25) is 4.79 Å². The summed E-state index contributed by atoms with van der Waals surface area (Å²) < 4.78 is 0. The fourth-order valence-corrected chi connectivity index (χ4v) is 2.35. The van der Waals surface area contributed by atoms with E-state index in [-0.39, 0.29) is 24.5 Å². The summed E-state index contributed by atoms with van der Waals surface area (Å²) >= 11 is 0. The number of urea groups is 1. The van der Waals surface area contributed by atoms with E-state index in [9.17, 15) is 9.59 Å². The molecular weight excluding hydrogens is 220 g/mol. The first-order valence-corrected chi connectivity index (χ1v) is 6.30. The molecule has 5 nitrogen and oxygen atoms in total. The SMILES string of the molecule is CC1CCCC(C)N1C(=O)NCCCC(=O)O. The van der Waals surface area contributed by atoms with Gasteiger partial charge in [0.15, 0.2) is 0 Å². The normalized spacial score (nSPS) is 24.5. The van der Waals surface area contributed by atoms with Crippen LogP contribution in [0, 0.1) is 0 Å². The van der Waals surface area contributed by atoms with Gasteiger partial charge in [-0.2, -0.15) is 0 Å². The molecule has 0 aromatic carbocycles. The average molecular weight is 242 g/mol. The van der Waals surface area contributed by atoms with Gasteiger partial charge in [0, 0.05) is 25.0 Å². The van der Waals surface area contributed by atoms with E-state index >= 15 is 0 Å².